The summed E-state index contributed by atoms with van der Waals surface area (Å²) in [6.45, 7) is 7.18. The molecular weight excluding hydrogens is 568 g/mol. The van der Waals surface area contributed by atoms with E-state index in [9.17, 15) is 27.6 Å². The van der Waals surface area contributed by atoms with Gasteiger partial charge < -0.3 is 20.0 Å². The molecule has 1 aromatic rings. The highest BCUT2D eigenvalue weighted by atomic mass is 19.4. The van der Waals surface area contributed by atoms with E-state index in [0.29, 0.717) is 56.2 Å². The van der Waals surface area contributed by atoms with Gasteiger partial charge in [0, 0.05) is 69.2 Å². The molecule has 1 N–H and O–H groups in total. The fraction of sp³-hybridized carbons (Fsp3) is 0.533. The van der Waals surface area contributed by atoms with Crippen LogP contribution in [0.1, 0.15) is 38.7 Å². The molecule has 13 heteroatoms. The Hall–Kier alpha value is -3.74. The van der Waals surface area contributed by atoms with Crippen LogP contribution in [-0.4, -0.2) is 103 Å². The summed E-state index contributed by atoms with van der Waals surface area (Å²) in [5, 5.41) is 2.60. The second-order valence-electron chi connectivity index (χ2n) is 11.7. The van der Waals surface area contributed by atoms with Crippen LogP contribution in [0.5, 0.6) is 0 Å². The van der Waals surface area contributed by atoms with Crippen molar-refractivity contribution >= 4 is 41.0 Å². The number of aliphatic imine (C=N–C) groups is 1. The Morgan fingerprint density at radius 2 is 1.70 bits per heavy atom. The van der Waals surface area contributed by atoms with Gasteiger partial charge in [0.15, 0.2) is 0 Å². The topological polar surface area (TPSA) is 88.6 Å². The minimum absolute atomic E-state index is 0.0453. The summed E-state index contributed by atoms with van der Waals surface area (Å²) in [6, 6.07) is 2.91. The molecule has 0 spiro atoms. The lowest BCUT2D eigenvalue weighted by Crippen LogP contribution is -2.55. The van der Waals surface area contributed by atoms with Gasteiger partial charge in [0.05, 0.1) is 16.9 Å². The van der Waals surface area contributed by atoms with E-state index >= 15 is 4.39 Å². The Morgan fingerprint density at radius 1 is 1.02 bits per heavy atom. The molecule has 4 aliphatic rings. The van der Waals surface area contributed by atoms with Gasteiger partial charge in [-0.1, -0.05) is 6.08 Å². The maximum absolute atomic E-state index is 15.8. The van der Waals surface area contributed by atoms with Gasteiger partial charge in [-0.2, -0.15) is 13.2 Å². The molecule has 3 atom stereocenters. The summed E-state index contributed by atoms with van der Waals surface area (Å²) in [7, 11) is 1.99. The number of halogens is 4. The molecule has 1 aromatic carbocycles. The number of nitrogens with one attached hydrogen (secondary N) is 1. The Morgan fingerprint density at radius 3 is 2.30 bits per heavy atom. The average molecular weight is 605 g/mol. The Balaban J connectivity index is 1.47. The van der Waals surface area contributed by atoms with Crippen molar-refractivity contribution in [3.8, 4) is 0 Å². The smallest absolute Gasteiger partial charge is 0.367 e. The maximum Gasteiger partial charge on any atom is 0.414 e. The van der Waals surface area contributed by atoms with Gasteiger partial charge in [0.1, 0.15) is 11.7 Å². The highest BCUT2D eigenvalue weighted by Crippen LogP contribution is 2.38. The Bertz CT molecular complexity index is 1370. The zero-order chi connectivity index (χ0) is 31.1. The molecule has 5 rings (SSSR count). The quantitative estimate of drug-likeness (QED) is 0.518. The summed E-state index contributed by atoms with van der Waals surface area (Å²) < 4.78 is 57.0. The normalized spacial score (nSPS) is 25.1. The maximum atomic E-state index is 15.8. The average Bonchev–Trinajstić information content (AvgIpc) is 3.51. The molecular formula is C30H36F4N6O3. The van der Waals surface area contributed by atoms with Gasteiger partial charge in [0.2, 0.25) is 5.91 Å². The number of hydrogen-bond acceptors (Lipinski definition) is 5. The Labute approximate surface area is 247 Å². The molecule has 232 valence electrons. The molecule has 0 bridgehead atoms. The molecule has 1 unspecified atom stereocenters. The number of anilines is 2. The van der Waals surface area contributed by atoms with E-state index in [-0.39, 0.29) is 29.4 Å². The van der Waals surface area contributed by atoms with Crippen molar-refractivity contribution in [1.29, 1.82) is 0 Å². The minimum atomic E-state index is -4.92. The van der Waals surface area contributed by atoms with Gasteiger partial charge in [-0.15, -0.1) is 0 Å². The SMILES string of the molecule is C[C@@H]1CN(c2cc(F)c(C3=CCN(C(=O)N4CCCC4)CC3)cc2NC(=O)C2C=NC(=O)C=C2C(F)(F)F)C[C@H](C)N1C. The van der Waals surface area contributed by atoms with Crippen LogP contribution in [0.25, 0.3) is 5.57 Å². The van der Waals surface area contributed by atoms with Gasteiger partial charge in [0.25, 0.3) is 5.91 Å². The lowest BCUT2D eigenvalue weighted by Gasteiger charge is -2.44. The lowest BCUT2D eigenvalue weighted by molar-refractivity contribution is -0.124. The first-order valence-corrected chi connectivity index (χ1v) is 14.5. The lowest BCUT2D eigenvalue weighted by atomic mass is 9.95. The van der Waals surface area contributed by atoms with Crippen molar-refractivity contribution in [2.45, 2.75) is 51.4 Å². The van der Waals surface area contributed by atoms with Crippen LogP contribution in [-0.2, 0) is 9.59 Å². The predicted molar refractivity (Wildman–Crippen MR) is 155 cm³/mol. The number of alkyl halides is 3. The molecule has 4 aliphatic heterocycles. The van der Waals surface area contributed by atoms with E-state index < -0.39 is 35.3 Å². The van der Waals surface area contributed by atoms with Crippen LogP contribution in [0, 0.1) is 11.7 Å². The van der Waals surface area contributed by atoms with Crippen molar-refractivity contribution in [2.75, 3.05) is 56.5 Å². The summed E-state index contributed by atoms with van der Waals surface area (Å²) in [5.74, 6) is -4.50. The number of nitrogens with zero attached hydrogens (tertiary/aromatic N) is 5. The van der Waals surface area contributed by atoms with Gasteiger partial charge in [-0.05, 0) is 57.9 Å². The van der Waals surface area contributed by atoms with Crippen LogP contribution >= 0.6 is 0 Å². The number of hydrogen-bond donors (Lipinski definition) is 1. The number of benzene rings is 1. The van der Waals surface area contributed by atoms with Crippen molar-refractivity contribution in [2.24, 2.45) is 10.9 Å². The number of likely N-dealkylation sites (N-methyl/N-ethyl adjacent to an activating group) is 1. The zero-order valence-electron chi connectivity index (χ0n) is 24.5. The molecule has 2 saturated heterocycles. The number of rotatable bonds is 4. The van der Waals surface area contributed by atoms with Crippen molar-refractivity contribution in [3.05, 3.63) is 41.2 Å². The third-order valence-electron chi connectivity index (χ3n) is 8.82. The number of piperazine rings is 1. The third-order valence-corrected chi connectivity index (χ3v) is 8.82. The monoisotopic (exact) mass is 604 g/mol. The van der Waals surface area contributed by atoms with E-state index in [1.807, 2.05) is 30.7 Å². The highest BCUT2D eigenvalue weighted by molar-refractivity contribution is 6.11. The molecule has 9 nitrogen and oxygen atoms in total. The number of urea groups is 1. The van der Waals surface area contributed by atoms with E-state index in [0.717, 1.165) is 25.9 Å². The standard InChI is InChI=1S/C30H36F4N6O3/c1-18-16-40(17-19(2)37(18)3)26-14-24(31)21(20-6-10-39(11-7-20)29(43)38-8-4-5-9-38)12-25(26)36-28(42)22-15-35-27(41)13-23(22)30(32,33)34/h6,12-15,18-19,22H,4-5,7-11,16-17H2,1-3H3,(H,36,42)/t18-,19+,22?. The van der Waals surface area contributed by atoms with Crippen LogP contribution in [0.15, 0.2) is 34.9 Å². The van der Waals surface area contributed by atoms with Crippen LogP contribution in [0.3, 0.4) is 0 Å². The van der Waals surface area contributed by atoms with E-state index in [4.69, 9.17) is 0 Å². The molecule has 0 radical (unpaired) electrons. The molecule has 0 saturated carbocycles. The summed E-state index contributed by atoms with van der Waals surface area (Å²) >= 11 is 0. The third kappa shape index (κ3) is 6.46. The fourth-order valence-electron chi connectivity index (χ4n) is 6.13. The number of amides is 4. The number of carbonyl (C=O) groups is 3. The number of carbonyl (C=O) groups excluding carboxylic acids is 3. The first-order valence-electron chi connectivity index (χ1n) is 14.5. The van der Waals surface area contributed by atoms with Crippen molar-refractivity contribution < 1.29 is 31.9 Å². The first kappa shape index (κ1) is 30.7. The molecule has 4 heterocycles. The minimum Gasteiger partial charge on any atom is -0.367 e. The molecule has 43 heavy (non-hydrogen) atoms. The Kier molecular flexibility index (Phi) is 8.64. The molecule has 0 aromatic heterocycles. The second kappa shape index (κ2) is 12.1. The zero-order valence-corrected chi connectivity index (χ0v) is 24.5. The number of likely N-dealkylation sites (tertiary alicyclic amines) is 1. The van der Waals surface area contributed by atoms with Crippen LogP contribution in [0.2, 0.25) is 0 Å². The number of dihydropyridines is 1. The summed E-state index contributed by atoms with van der Waals surface area (Å²) in [5.41, 5.74) is 0.0552. The summed E-state index contributed by atoms with van der Waals surface area (Å²) in [4.78, 5) is 48.8. The van der Waals surface area contributed by atoms with E-state index in [1.54, 1.807) is 11.0 Å². The molecule has 0 aliphatic carbocycles. The van der Waals surface area contributed by atoms with Crippen LogP contribution in [0.4, 0.5) is 33.7 Å². The van der Waals surface area contributed by atoms with E-state index in [2.05, 4.69) is 15.2 Å². The van der Waals surface area contributed by atoms with E-state index in [1.165, 1.54) is 12.1 Å². The first-order chi connectivity index (χ1) is 20.3. The molecule has 4 amide bonds. The fourth-order valence-corrected chi connectivity index (χ4v) is 6.13. The molecule has 2 fully saturated rings. The van der Waals surface area contributed by atoms with Crippen molar-refractivity contribution in [1.82, 2.24) is 14.7 Å². The second-order valence-corrected chi connectivity index (χ2v) is 11.7. The van der Waals surface area contributed by atoms with Gasteiger partial charge in [-0.3, -0.25) is 14.5 Å². The van der Waals surface area contributed by atoms with Crippen LogP contribution < -0.4 is 10.2 Å². The largest absolute Gasteiger partial charge is 0.414 e. The van der Waals surface area contributed by atoms with Crippen molar-refractivity contribution in [3.63, 3.8) is 0 Å². The van der Waals surface area contributed by atoms with Gasteiger partial charge >= 0.3 is 12.2 Å². The van der Waals surface area contributed by atoms with Gasteiger partial charge in [-0.25, -0.2) is 14.2 Å². The highest BCUT2D eigenvalue weighted by Gasteiger charge is 2.43. The predicted octanol–water partition coefficient (Wildman–Crippen LogP) is 4.31. The summed E-state index contributed by atoms with van der Waals surface area (Å²) in [6.07, 6.45) is 0.207.